The smallest absolute Gasteiger partial charge is 0.475 e. The fourth-order valence-corrected chi connectivity index (χ4v) is 4.34. The molecule has 0 bridgehead atoms. The summed E-state index contributed by atoms with van der Waals surface area (Å²) >= 11 is 0. The van der Waals surface area contributed by atoms with Crippen LogP contribution in [0.3, 0.4) is 0 Å². The van der Waals surface area contributed by atoms with Gasteiger partial charge in [0.1, 0.15) is 0 Å². The zero-order chi connectivity index (χ0) is 30.0. The minimum atomic E-state index is -5.08. The van der Waals surface area contributed by atoms with E-state index in [0.717, 1.165) is 52.0 Å². The first kappa shape index (κ1) is 33.9. The van der Waals surface area contributed by atoms with Gasteiger partial charge in [-0.1, -0.05) is 0 Å². The predicted octanol–water partition coefficient (Wildman–Crippen LogP) is 3.33. The van der Waals surface area contributed by atoms with Gasteiger partial charge in [-0.15, -0.1) is 0 Å². The first-order valence-corrected chi connectivity index (χ1v) is 11.6. The molecule has 3 rings (SSSR count). The highest BCUT2D eigenvalue weighted by Gasteiger charge is 2.46. The van der Waals surface area contributed by atoms with E-state index in [9.17, 15) is 31.1 Å². The van der Waals surface area contributed by atoms with Crippen LogP contribution >= 0.6 is 0 Å². The monoisotopic (exact) mass is 574 g/mol. The van der Waals surface area contributed by atoms with Gasteiger partial charge in [0.2, 0.25) is 0 Å². The number of carbonyl (C=O) groups is 3. The molecule has 1 unspecified atom stereocenters. The Kier molecular flexibility index (Phi) is 12.4. The van der Waals surface area contributed by atoms with E-state index in [1.165, 1.54) is 5.56 Å². The Morgan fingerprint density at radius 3 is 1.87 bits per heavy atom. The third kappa shape index (κ3) is 11.2. The summed E-state index contributed by atoms with van der Waals surface area (Å²) in [5.74, 6) is -5.51. The van der Waals surface area contributed by atoms with E-state index in [2.05, 4.69) is 22.0 Å². The zero-order valence-electron chi connectivity index (χ0n) is 21.6. The van der Waals surface area contributed by atoms with Gasteiger partial charge in [-0.05, 0) is 42.4 Å². The largest absolute Gasteiger partial charge is 0.490 e. The molecule has 2 aliphatic heterocycles. The zero-order valence-corrected chi connectivity index (χ0v) is 21.6. The average Bonchev–Trinajstić information content (AvgIpc) is 3.15. The van der Waals surface area contributed by atoms with Gasteiger partial charge in [-0.3, -0.25) is 9.88 Å². The van der Waals surface area contributed by atoms with Crippen molar-refractivity contribution in [1.29, 1.82) is 0 Å². The normalized spacial score (nSPS) is 18.9. The minimum Gasteiger partial charge on any atom is -0.475 e. The second-order valence-electron chi connectivity index (χ2n) is 9.34. The number of carbonyl (C=O) groups excluding carboxylic acids is 1. The van der Waals surface area contributed by atoms with Gasteiger partial charge in [-0.2, -0.15) is 26.3 Å². The fourth-order valence-electron chi connectivity index (χ4n) is 4.34. The molecule has 0 aliphatic carbocycles. The predicted molar refractivity (Wildman–Crippen MR) is 125 cm³/mol. The number of rotatable bonds is 4. The van der Waals surface area contributed by atoms with E-state index in [1.54, 1.807) is 12.0 Å². The van der Waals surface area contributed by atoms with E-state index in [1.807, 2.05) is 31.4 Å². The van der Waals surface area contributed by atoms with Crippen molar-refractivity contribution in [3.63, 3.8) is 0 Å². The van der Waals surface area contributed by atoms with Gasteiger partial charge in [0, 0.05) is 65.8 Å². The molecule has 0 aromatic carbocycles. The lowest BCUT2D eigenvalue weighted by molar-refractivity contribution is -0.193. The summed E-state index contributed by atoms with van der Waals surface area (Å²) in [5, 5.41) is 14.2. The molecule has 2 amide bonds. The number of amides is 2. The van der Waals surface area contributed by atoms with Gasteiger partial charge in [0.15, 0.2) is 0 Å². The summed E-state index contributed by atoms with van der Waals surface area (Å²) in [6.07, 6.45) is -3.12. The topological polar surface area (TPSA) is 124 Å². The third-order valence-corrected chi connectivity index (χ3v) is 6.18. The SMILES string of the molecule is COCC1CC2(CCN(C(=O)N(C)C)CC2)CN1Cc1ccncc1.O=C(O)C(F)(F)F.O=C(O)C(F)(F)F. The van der Waals surface area contributed by atoms with E-state index in [0.29, 0.717) is 11.5 Å². The van der Waals surface area contributed by atoms with Crippen molar-refractivity contribution in [3.05, 3.63) is 30.1 Å². The summed E-state index contributed by atoms with van der Waals surface area (Å²) in [5.41, 5.74) is 1.62. The van der Waals surface area contributed by atoms with Crippen molar-refractivity contribution in [1.82, 2.24) is 19.7 Å². The highest BCUT2D eigenvalue weighted by Crippen LogP contribution is 2.44. The number of hydrogen-bond acceptors (Lipinski definition) is 6. The van der Waals surface area contributed by atoms with Crippen LogP contribution in [-0.4, -0.2) is 114 Å². The van der Waals surface area contributed by atoms with Crippen LogP contribution in [0.4, 0.5) is 31.1 Å². The summed E-state index contributed by atoms with van der Waals surface area (Å²) in [6.45, 7) is 4.53. The number of urea groups is 1. The lowest BCUT2D eigenvalue weighted by Gasteiger charge is -2.40. The Morgan fingerprint density at radius 2 is 1.49 bits per heavy atom. The van der Waals surface area contributed by atoms with Crippen molar-refractivity contribution in [2.24, 2.45) is 5.41 Å². The molecule has 222 valence electrons. The van der Waals surface area contributed by atoms with E-state index < -0.39 is 24.3 Å². The molecule has 1 aromatic rings. The van der Waals surface area contributed by atoms with E-state index in [4.69, 9.17) is 24.5 Å². The molecule has 2 saturated heterocycles. The number of carboxylic acid groups (broad SMARTS) is 2. The van der Waals surface area contributed by atoms with Crippen LogP contribution in [0, 0.1) is 5.41 Å². The standard InChI is InChI=1S/C19H30N4O2.2C2HF3O2/c1-21(2)18(24)22-10-6-19(7-11-22)12-17(14-25-3)23(15-19)13-16-4-8-20-9-5-16;2*3-2(4,5)1(6)7/h4-5,8-9,17H,6-7,10-15H2,1-3H3;2*(H,6,7). The molecule has 3 heterocycles. The molecule has 1 atom stereocenters. The summed E-state index contributed by atoms with van der Waals surface area (Å²) in [7, 11) is 5.44. The number of nitrogens with zero attached hydrogens (tertiary/aromatic N) is 4. The maximum Gasteiger partial charge on any atom is 0.490 e. The van der Waals surface area contributed by atoms with E-state index >= 15 is 0 Å². The summed E-state index contributed by atoms with van der Waals surface area (Å²) in [6, 6.07) is 4.77. The molecule has 2 fully saturated rings. The Labute approximate surface area is 221 Å². The molecule has 2 N–H and O–H groups in total. The number of hydrogen-bond donors (Lipinski definition) is 2. The number of piperidine rings is 1. The van der Waals surface area contributed by atoms with Gasteiger partial charge in [0.25, 0.3) is 0 Å². The molecule has 0 radical (unpaired) electrons. The van der Waals surface area contributed by atoms with Crippen LogP contribution in [0.15, 0.2) is 24.5 Å². The summed E-state index contributed by atoms with van der Waals surface area (Å²) < 4.78 is 69.0. The van der Waals surface area contributed by atoms with Crippen molar-refractivity contribution < 1.29 is 55.7 Å². The lowest BCUT2D eigenvalue weighted by atomic mass is 9.76. The Morgan fingerprint density at radius 1 is 1.03 bits per heavy atom. The molecule has 1 spiro atoms. The van der Waals surface area contributed by atoms with Crippen molar-refractivity contribution in [3.8, 4) is 0 Å². The third-order valence-electron chi connectivity index (χ3n) is 6.18. The van der Waals surface area contributed by atoms with Crippen LogP contribution in [0.5, 0.6) is 0 Å². The van der Waals surface area contributed by atoms with Gasteiger partial charge >= 0.3 is 30.3 Å². The molecular weight excluding hydrogens is 542 g/mol. The fraction of sp³-hybridized carbons (Fsp3) is 0.652. The number of methoxy groups -OCH3 is 1. The number of carboxylic acids is 2. The Bertz CT molecular complexity index is 913. The van der Waals surface area contributed by atoms with Crippen LogP contribution < -0.4 is 0 Å². The molecular formula is C23H32F6N4O6. The Hall–Kier alpha value is -3.14. The van der Waals surface area contributed by atoms with Crippen molar-refractivity contribution in [2.45, 2.75) is 44.2 Å². The van der Waals surface area contributed by atoms with Gasteiger partial charge < -0.3 is 24.7 Å². The van der Waals surface area contributed by atoms with Crippen LogP contribution in [0.2, 0.25) is 0 Å². The van der Waals surface area contributed by atoms with Gasteiger partial charge in [0.05, 0.1) is 6.61 Å². The second kappa shape index (κ2) is 14.3. The quantitative estimate of drug-likeness (QED) is 0.525. The molecule has 1 aromatic heterocycles. The minimum absolute atomic E-state index is 0.134. The van der Waals surface area contributed by atoms with Crippen LogP contribution in [0.1, 0.15) is 24.8 Å². The number of likely N-dealkylation sites (tertiary alicyclic amines) is 2. The summed E-state index contributed by atoms with van der Waals surface area (Å²) in [4.78, 5) is 40.3. The highest BCUT2D eigenvalue weighted by atomic mass is 19.4. The number of alkyl halides is 6. The number of pyridine rings is 1. The molecule has 39 heavy (non-hydrogen) atoms. The van der Waals surface area contributed by atoms with E-state index in [-0.39, 0.29) is 6.03 Å². The Balaban J connectivity index is 0.000000449. The first-order chi connectivity index (χ1) is 17.9. The molecule has 16 heteroatoms. The highest BCUT2D eigenvalue weighted by molar-refractivity contribution is 5.74. The first-order valence-electron chi connectivity index (χ1n) is 11.6. The number of ether oxygens (including phenoxy) is 1. The van der Waals surface area contributed by atoms with Crippen molar-refractivity contribution >= 4 is 18.0 Å². The number of aromatic nitrogens is 1. The lowest BCUT2D eigenvalue weighted by Crippen LogP contribution is -2.47. The number of aliphatic carboxylic acids is 2. The molecule has 0 saturated carbocycles. The van der Waals surface area contributed by atoms with Crippen LogP contribution in [0.25, 0.3) is 0 Å². The maximum absolute atomic E-state index is 12.2. The number of halogens is 6. The second-order valence-corrected chi connectivity index (χ2v) is 9.34. The van der Waals surface area contributed by atoms with Gasteiger partial charge in [-0.25, -0.2) is 14.4 Å². The van der Waals surface area contributed by atoms with Crippen LogP contribution in [-0.2, 0) is 20.9 Å². The molecule has 2 aliphatic rings. The molecule has 10 nitrogen and oxygen atoms in total. The van der Waals surface area contributed by atoms with Crippen molar-refractivity contribution in [2.75, 3.05) is 47.4 Å². The average molecular weight is 575 g/mol. The maximum atomic E-state index is 12.2.